The highest BCUT2D eigenvalue weighted by Crippen LogP contribution is 2.61. The van der Waals surface area contributed by atoms with Gasteiger partial charge in [0, 0.05) is 12.1 Å². The van der Waals surface area contributed by atoms with E-state index in [0.717, 1.165) is 49.6 Å². The Hall–Kier alpha value is -1.37. The quantitative estimate of drug-likeness (QED) is 0.691. The van der Waals surface area contributed by atoms with Crippen LogP contribution in [0.4, 0.5) is 5.69 Å². The molecule has 2 bridgehead atoms. The number of rotatable bonds is 5. The van der Waals surface area contributed by atoms with Crippen LogP contribution in [0.5, 0.6) is 0 Å². The van der Waals surface area contributed by atoms with Gasteiger partial charge in [0.15, 0.2) is 0 Å². The summed E-state index contributed by atoms with van der Waals surface area (Å²) < 4.78 is 1.71. The third-order valence-corrected chi connectivity index (χ3v) is 8.71. The third kappa shape index (κ3) is 3.99. The van der Waals surface area contributed by atoms with E-state index in [1.807, 2.05) is 0 Å². The third-order valence-electron chi connectivity index (χ3n) is 7.94. The smallest absolute Gasteiger partial charge is 0.283 e. The number of halogens is 1. The summed E-state index contributed by atoms with van der Waals surface area (Å²) in [5.41, 5.74) is 0.903. The summed E-state index contributed by atoms with van der Waals surface area (Å²) in [5, 5.41) is 10.9. The Bertz CT molecular complexity index is 831. The Labute approximate surface area is 181 Å². The van der Waals surface area contributed by atoms with Crippen LogP contribution in [0.2, 0.25) is 0 Å². The molecule has 0 saturated heterocycles. The number of hydrogen-bond donors (Lipinski definition) is 2. The molecule has 1 aromatic heterocycles. The van der Waals surface area contributed by atoms with Crippen molar-refractivity contribution in [2.45, 2.75) is 84.3 Å². The van der Waals surface area contributed by atoms with Gasteiger partial charge in [-0.15, -0.1) is 0 Å². The first-order valence-electron chi connectivity index (χ1n) is 11.1. The fourth-order valence-electron chi connectivity index (χ4n) is 5.87. The molecule has 4 aliphatic rings. The molecule has 0 aromatic carbocycles. The molecular formula is C22H33BrN4O2. The number of hydrogen-bond acceptors (Lipinski definition) is 4. The maximum absolute atomic E-state index is 12.8. The minimum atomic E-state index is -0.261. The van der Waals surface area contributed by atoms with E-state index >= 15 is 0 Å². The molecule has 160 valence electrons. The van der Waals surface area contributed by atoms with Crippen LogP contribution in [0, 0.1) is 23.2 Å². The van der Waals surface area contributed by atoms with E-state index < -0.39 is 0 Å². The predicted octanol–water partition coefficient (Wildman–Crippen LogP) is 3.94. The molecule has 4 atom stereocenters. The SMILES string of the molecule is C[C@H]1[C@H](Nc2cnn(CC(=O)NC3CCCCC3)c(=O)c2Br)C[C@H]2C[C@@H]1C2(C)C. The number of nitrogens with zero attached hydrogens (tertiary/aromatic N) is 2. The second-order valence-electron chi connectivity index (χ2n) is 9.94. The molecule has 6 nitrogen and oxygen atoms in total. The lowest BCUT2D eigenvalue weighted by atomic mass is 9.45. The van der Waals surface area contributed by atoms with Gasteiger partial charge in [0.1, 0.15) is 11.0 Å². The minimum absolute atomic E-state index is 0.0353. The summed E-state index contributed by atoms with van der Waals surface area (Å²) in [7, 11) is 0. The Morgan fingerprint density at radius 2 is 2.00 bits per heavy atom. The molecular weight excluding hydrogens is 432 g/mol. The maximum Gasteiger partial charge on any atom is 0.283 e. The van der Waals surface area contributed by atoms with Gasteiger partial charge in [-0.1, -0.05) is 40.0 Å². The van der Waals surface area contributed by atoms with Crippen molar-refractivity contribution in [3.05, 3.63) is 21.0 Å². The van der Waals surface area contributed by atoms with Crippen LogP contribution < -0.4 is 16.2 Å². The largest absolute Gasteiger partial charge is 0.380 e. The van der Waals surface area contributed by atoms with Crippen LogP contribution in [-0.2, 0) is 11.3 Å². The molecule has 7 heteroatoms. The van der Waals surface area contributed by atoms with Gasteiger partial charge in [0.05, 0.1) is 11.9 Å². The zero-order valence-electron chi connectivity index (χ0n) is 17.7. The summed E-state index contributed by atoms with van der Waals surface area (Å²) in [6, 6.07) is 0.592. The monoisotopic (exact) mass is 464 g/mol. The standard InChI is InChI=1S/C22H33BrN4O2/c1-13-16-9-14(22(16,2)3)10-17(13)26-18-11-24-27(21(29)20(18)23)12-19(28)25-15-7-5-4-6-8-15/h11,13-17,26H,4-10,12H2,1-3H3,(H,25,28)/t13-,14-,16+,17-/m1/s1. The van der Waals surface area contributed by atoms with Crippen LogP contribution in [0.1, 0.15) is 65.7 Å². The zero-order valence-corrected chi connectivity index (χ0v) is 19.3. The Morgan fingerprint density at radius 1 is 1.28 bits per heavy atom. The molecule has 1 heterocycles. The van der Waals surface area contributed by atoms with Gasteiger partial charge in [0.2, 0.25) is 5.91 Å². The normalized spacial score (nSPS) is 31.0. The molecule has 1 amide bonds. The molecule has 0 aliphatic heterocycles. The lowest BCUT2D eigenvalue weighted by molar-refractivity contribution is -0.122. The highest BCUT2D eigenvalue weighted by Gasteiger charge is 2.56. The van der Waals surface area contributed by atoms with Crippen molar-refractivity contribution >= 4 is 27.5 Å². The van der Waals surface area contributed by atoms with Crippen molar-refractivity contribution in [1.82, 2.24) is 15.1 Å². The minimum Gasteiger partial charge on any atom is -0.380 e. The van der Waals surface area contributed by atoms with Gasteiger partial charge in [-0.05, 0) is 64.8 Å². The van der Waals surface area contributed by atoms with E-state index in [-0.39, 0.29) is 24.1 Å². The van der Waals surface area contributed by atoms with Crippen LogP contribution in [0.15, 0.2) is 15.5 Å². The number of aromatic nitrogens is 2. The summed E-state index contributed by atoms with van der Waals surface area (Å²) >= 11 is 3.45. The van der Waals surface area contributed by atoms with E-state index in [9.17, 15) is 9.59 Å². The molecule has 4 saturated carbocycles. The average molecular weight is 465 g/mol. The summed E-state index contributed by atoms with van der Waals surface area (Å²) in [6.07, 6.45) is 9.75. The lowest BCUT2D eigenvalue weighted by Crippen LogP contribution is -2.58. The zero-order chi connectivity index (χ0) is 20.8. The highest BCUT2D eigenvalue weighted by atomic mass is 79.9. The van der Waals surface area contributed by atoms with Gasteiger partial charge >= 0.3 is 0 Å². The van der Waals surface area contributed by atoms with E-state index in [1.54, 1.807) is 6.20 Å². The second-order valence-corrected chi connectivity index (χ2v) is 10.7. The summed E-state index contributed by atoms with van der Waals surface area (Å²) in [6.45, 7) is 7.05. The maximum atomic E-state index is 12.8. The number of carbonyl (C=O) groups excluding carboxylic acids is 1. The summed E-state index contributed by atoms with van der Waals surface area (Å²) in [5.74, 6) is 1.90. The van der Waals surface area contributed by atoms with E-state index in [0.29, 0.717) is 21.8 Å². The number of anilines is 1. The first-order valence-corrected chi connectivity index (χ1v) is 11.9. The van der Waals surface area contributed by atoms with Crippen LogP contribution in [0.25, 0.3) is 0 Å². The molecule has 29 heavy (non-hydrogen) atoms. The van der Waals surface area contributed by atoms with Crippen molar-refractivity contribution in [2.24, 2.45) is 23.2 Å². The molecule has 0 radical (unpaired) electrons. The van der Waals surface area contributed by atoms with E-state index in [1.165, 1.54) is 17.5 Å². The average Bonchev–Trinajstić information content (AvgIpc) is 2.69. The first kappa shape index (κ1) is 20.9. The van der Waals surface area contributed by atoms with Gasteiger partial charge in [0.25, 0.3) is 5.56 Å². The number of nitrogens with one attached hydrogen (secondary N) is 2. The molecule has 4 aliphatic carbocycles. The molecule has 5 rings (SSSR count). The van der Waals surface area contributed by atoms with Crippen molar-refractivity contribution in [3.63, 3.8) is 0 Å². The Morgan fingerprint density at radius 3 is 2.66 bits per heavy atom. The van der Waals surface area contributed by atoms with Crippen LogP contribution in [0.3, 0.4) is 0 Å². The molecule has 1 aromatic rings. The predicted molar refractivity (Wildman–Crippen MR) is 118 cm³/mol. The fraction of sp³-hybridized carbons (Fsp3) is 0.773. The Kier molecular flexibility index (Phi) is 5.79. The number of fused-ring (bicyclic) bond motifs is 2. The molecule has 2 N–H and O–H groups in total. The molecule has 0 unspecified atom stereocenters. The van der Waals surface area contributed by atoms with Gasteiger partial charge < -0.3 is 10.6 Å². The number of carbonyl (C=O) groups is 1. The summed E-state index contributed by atoms with van der Waals surface area (Å²) in [4.78, 5) is 25.1. The van der Waals surface area contributed by atoms with Gasteiger partial charge in [-0.2, -0.15) is 5.10 Å². The lowest BCUT2D eigenvalue weighted by Gasteiger charge is -2.62. The highest BCUT2D eigenvalue weighted by molar-refractivity contribution is 9.10. The second kappa shape index (κ2) is 8.05. The topological polar surface area (TPSA) is 76.0 Å². The van der Waals surface area contributed by atoms with Crippen LogP contribution >= 0.6 is 15.9 Å². The van der Waals surface area contributed by atoms with Crippen molar-refractivity contribution in [1.29, 1.82) is 0 Å². The first-order chi connectivity index (χ1) is 13.8. The van der Waals surface area contributed by atoms with Crippen molar-refractivity contribution in [2.75, 3.05) is 5.32 Å². The fourth-order valence-corrected chi connectivity index (χ4v) is 6.30. The number of amides is 1. The van der Waals surface area contributed by atoms with Gasteiger partial charge in [-0.3, -0.25) is 9.59 Å². The van der Waals surface area contributed by atoms with E-state index in [4.69, 9.17) is 0 Å². The van der Waals surface area contributed by atoms with Crippen molar-refractivity contribution in [3.8, 4) is 0 Å². The van der Waals surface area contributed by atoms with Crippen molar-refractivity contribution < 1.29 is 4.79 Å². The Balaban J connectivity index is 1.40. The molecule has 4 fully saturated rings. The van der Waals surface area contributed by atoms with E-state index in [2.05, 4.69) is 52.4 Å². The van der Waals surface area contributed by atoms with Crippen LogP contribution in [-0.4, -0.2) is 27.8 Å². The van der Waals surface area contributed by atoms with Gasteiger partial charge in [-0.25, -0.2) is 4.68 Å². The molecule has 0 spiro atoms.